The van der Waals surface area contributed by atoms with Gasteiger partial charge in [-0.3, -0.25) is 4.90 Å². The first-order chi connectivity index (χ1) is 12.3. The Bertz CT molecular complexity index is 678. The van der Waals surface area contributed by atoms with Gasteiger partial charge in [0.15, 0.2) is 11.5 Å². The lowest BCUT2D eigenvalue weighted by Crippen LogP contribution is -2.32. The van der Waals surface area contributed by atoms with Crippen molar-refractivity contribution < 1.29 is 9.47 Å². The Labute approximate surface area is 154 Å². The third kappa shape index (κ3) is 4.00. The van der Waals surface area contributed by atoms with Crippen LogP contribution in [0.2, 0.25) is 0 Å². The summed E-state index contributed by atoms with van der Waals surface area (Å²) in [6.07, 6.45) is 2.24. The van der Waals surface area contributed by atoms with Gasteiger partial charge in [-0.2, -0.15) is 0 Å². The van der Waals surface area contributed by atoms with Crippen molar-refractivity contribution in [2.24, 2.45) is 0 Å². The zero-order valence-electron chi connectivity index (χ0n) is 15.4. The first-order valence-corrected chi connectivity index (χ1v) is 9.84. The Balaban J connectivity index is 2.07. The summed E-state index contributed by atoms with van der Waals surface area (Å²) in [4.78, 5) is 5.38. The van der Waals surface area contributed by atoms with Crippen LogP contribution < -0.4 is 14.8 Å². The quantitative estimate of drug-likeness (QED) is 0.851. The van der Waals surface area contributed by atoms with Crippen molar-refractivity contribution in [2.45, 2.75) is 25.8 Å². The number of thiophene rings is 1. The minimum atomic E-state index is 0.204. The van der Waals surface area contributed by atoms with Crippen LogP contribution in [0, 0.1) is 0 Å². The van der Waals surface area contributed by atoms with Gasteiger partial charge >= 0.3 is 0 Å². The van der Waals surface area contributed by atoms with Gasteiger partial charge in [0.05, 0.1) is 20.3 Å². The van der Waals surface area contributed by atoms with E-state index in [-0.39, 0.29) is 6.04 Å². The average molecular weight is 361 g/mol. The molecular formula is C20H28N2O2S. The highest BCUT2D eigenvalue weighted by Crippen LogP contribution is 2.42. The van der Waals surface area contributed by atoms with E-state index in [0.717, 1.165) is 50.5 Å². The number of methoxy groups -OCH3 is 2. The maximum Gasteiger partial charge on any atom is 0.165 e. The Morgan fingerprint density at radius 1 is 1.12 bits per heavy atom. The maximum atomic E-state index is 5.76. The molecule has 0 aliphatic carbocycles. The minimum Gasteiger partial charge on any atom is -0.493 e. The molecule has 136 valence electrons. The van der Waals surface area contributed by atoms with E-state index in [0.29, 0.717) is 0 Å². The fraction of sp³-hybridized carbons (Fsp3) is 0.500. The summed E-state index contributed by atoms with van der Waals surface area (Å²) in [7, 11) is 3.43. The van der Waals surface area contributed by atoms with Gasteiger partial charge in [0.1, 0.15) is 0 Å². The number of hydrogen-bond acceptors (Lipinski definition) is 5. The Kier molecular flexibility index (Phi) is 6.34. The fourth-order valence-electron chi connectivity index (χ4n) is 3.51. The Morgan fingerprint density at radius 2 is 2.00 bits per heavy atom. The molecule has 0 saturated carbocycles. The predicted octanol–water partition coefficient (Wildman–Crippen LogP) is 3.71. The monoisotopic (exact) mass is 360 g/mol. The molecule has 1 aliphatic rings. The molecule has 1 aliphatic heterocycles. The maximum absolute atomic E-state index is 5.76. The molecule has 2 aromatic rings. The van der Waals surface area contributed by atoms with Crippen LogP contribution in [0.3, 0.4) is 0 Å². The number of aryl methyl sites for hydroxylation is 1. The normalized spacial score (nSPS) is 17.1. The van der Waals surface area contributed by atoms with Crippen LogP contribution in [0.5, 0.6) is 11.5 Å². The summed E-state index contributed by atoms with van der Waals surface area (Å²) in [6, 6.07) is 11.0. The predicted molar refractivity (Wildman–Crippen MR) is 104 cm³/mol. The summed E-state index contributed by atoms with van der Waals surface area (Å²) in [5.41, 5.74) is 1.19. The highest BCUT2D eigenvalue weighted by molar-refractivity contribution is 7.12. The number of rotatable bonds is 6. The molecule has 1 aromatic carbocycles. The minimum absolute atomic E-state index is 0.204. The van der Waals surface area contributed by atoms with Crippen LogP contribution in [-0.4, -0.2) is 45.3 Å². The van der Waals surface area contributed by atoms with Crippen molar-refractivity contribution >= 4 is 11.3 Å². The van der Waals surface area contributed by atoms with E-state index in [1.807, 2.05) is 17.4 Å². The largest absolute Gasteiger partial charge is 0.493 e. The lowest BCUT2D eigenvalue weighted by atomic mass is 10.0. The molecule has 1 unspecified atom stereocenters. The van der Waals surface area contributed by atoms with E-state index >= 15 is 0 Å². The van der Waals surface area contributed by atoms with E-state index in [2.05, 4.69) is 41.4 Å². The van der Waals surface area contributed by atoms with E-state index in [1.54, 1.807) is 14.2 Å². The van der Waals surface area contributed by atoms with Crippen molar-refractivity contribution in [3.8, 4) is 11.5 Å². The van der Waals surface area contributed by atoms with E-state index in [4.69, 9.17) is 9.47 Å². The van der Waals surface area contributed by atoms with Gasteiger partial charge in [0.25, 0.3) is 0 Å². The molecule has 5 heteroatoms. The molecule has 0 radical (unpaired) electrons. The molecular weight excluding hydrogens is 332 g/mol. The van der Waals surface area contributed by atoms with Gasteiger partial charge in [-0.05, 0) is 37.6 Å². The van der Waals surface area contributed by atoms with Crippen molar-refractivity contribution in [3.05, 3.63) is 45.6 Å². The van der Waals surface area contributed by atoms with E-state index in [1.165, 1.54) is 15.3 Å². The zero-order chi connectivity index (χ0) is 17.6. The molecule has 1 aromatic heterocycles. The summed E-state index contributed by atoms with van der Waals surface area (Å²) >= 11 is 1.91. The molecule has 0 spiro atoms. The first-order valence-electron chi connectivity index (χ1n) is 9.02. The molecule has 0 amide bonds. The number of ether oxygens (including phenoxy) is 2. The summed E-state index contributed by atoms with van der Waals surface area (Å²) in [5.74, 6) is 1.64. The van der Waals surface area contributed by atoms with Crippen LogP contribution in [0.4, 0.5) is 0 Å². The van der Waals surface area contributed by atoms with Crippen LogP contribution in [-0.2, 0) is 6.42 Å². The lowest BCUT2D eigenvalue weighted by Gasteiger charge is -2.31. The molecule has 1 fully saturated rings. The molecule has 1 atom stereocenters. The topological polar surface area (TPSA) is 33.7 Å². The number of benzene rings is 1. The Hall–Kier alpha value is -1.56. The average Bonchev–Trinajstić information content (AvgIpc) is 2.96. The second-order valence-electron chi connectivity index (χ2n) is 6.28. The number of nitrogens with zero attached hydrogens (tertiary/aromatic N) is 1. The molecule has 25 heavy (non-hydrogen) atoms. The molecule has 1 saturated heterocycles. The smallest absolute Gasteiger partial charge is 0.165 e. The highest BCUT2D eigenvalue weighted by atomic mass is 32.1. The molecule has 3 rings (SSSR count). The molecule has 2 heterocycles. The van der Waals surface area contributed by atoms with Gasteiger partial charge in [-0.1, -0.05) is 19.1 Å². The fourth-order valence-corrected chi connectivity index (χ4v) is 4.62. The summed E-state index contributed by atoms with van der Waals surface area (Å²) in [6.45, 7) is 6.44. The van der Waals surface area contributed by atoms with Crippen LogP contribution in [0.15, 0.2) is 30.3 Å². The molecule has 0 bridgehead atoms. The van der Waals surface area contributed by atoms with Gasteiger partial charge in [-0.25, -0.2) is 0 Å². The first kappa shape index (κ1) is 18.2. The van der Waals surface area contributed by atoms with Crippen LogP contribution in [0.1, 0.15) is 34.7 Å². The van der Waals surface area contributed by atoms with Crippen molar-refractivity contribution in [2.75, 3.05) is 40.4 Å². The second kappa shape index (κ2) is 8.70. The molecule has 1 N–H and O–H groups in total. The number of hydrogen-bond donors (Lipinski definition) is 1. The van der Waals surface area contributed by atoms with Gasteiger partial charge in [0, 0.05) is 35.0 Å². The summed E-state index contributed by atoms with van der Waals surface area (Å²) in [5, 5.41) is 3.51. The number of nitrogens with one attached hydrogen (secondary N) is 1. The highest BCUT2D eigenvalue weighted by Gasteiger charge is 2.28. The van der Waals surface area contributed by atoms with Crippen LogP contribution >= 0.6 is 11.3 Å². The third-order valence-electron chi connectivity index (χ3n) is 4.77. The lowest BCUT2D eigenvalue weighted by molar-refractivity contribution is 0.237. The van der Waals surface area contributed by atoms with Gasteiger partial charge < -0.3 is 14.8 Å². The van der Waals surface area contributed by atoms with Gasteiger partial charge in [0.2, 0.25) is 0 Å². The Morgan fingerprint density at radius 3 is 2.72 bits per heavy atom. The van der Waals surface area contributed by atoms with E-state index in [9.17, 15) is 0 Å². The van der Waals surface area contributed by atoms with Gasteiger partial charge in [-0.15, -0.1) is 11.3 Å². The standard InChI is InChI=1S/C20H28N2O2S/c1-4-15-9-10-18(25-15)19(22-13-6-11-21-12-14-22)16-7-5-8-17(23-2)20(16)24-3/h5,7-10,19,21H,4,6,11-14H2,1-3H3. The van der Waals surface area contributed by atoms with Crippen LogP contribution in [0.25, 0.3) is 0 Å². The summed E-state index contributed by atoms with van der Waals surface area (Å²) < 4.78 is 11.3. The SMILES string of the molecule is CCc1ccc(C(c2cccc(OC)c2OC)N2CCCNCC2)s1. The number of para-hydroxylation sites is 1. The van der Waals surface area contributed by atoms with Crippen molar-refractivity contribution in [1.82, 2.24) is 10.2 Å². The molecule has 4 nitrogen and oxygen atoms in total. The third-order valence-corrected chi connectivity index (χ3v) is 6.05. The second-order valence-corrected chi connectivity index (χ2v) is 7.48. The van der Waals surface area contributed by atoms with Crippen molar-refractivity contribution in [3.63, 3.8) is 0 Å². The van der Waals surface area contributed by atoms with Crippen molar-refractivity contribution in [1.29, 1.82) is 0 Å². The zero-order valence-corrected chi connectivity index (χ0v) is 16.2. The van der Waals surface area contributed by atoms with E-state index < -0.39 is 0 Å².